The minimum atomic E-state index is -0.539. The number of benzene rings is 1. The van der Waals surface area contributed by atoms with Crippen molar-refractivity contribution in [3.63, 3.8) is 0 Å². The van der Waals surface area contributed by atoms with Gasteiger partial charge in [-0.25, -0.2) is 4.79 Å². The maximum Gasteiger partial charge on any atom is 0.373 e. The normalized spacial score (nSPS) is 11.0. The highest BCUT2D eigenvalue weighted by molar-refractivity contribution is 7.71. The van der Waals surface area contributed by atoms with E-state index in [1.807, 2.05) is 19.1 Å². The number of rotatable bonds is 8. The molecule has 0 radical (unpaired) electrons. The third-order valence-corrected chi connectivity index (χ3v) is 4.08. The summed E-state index contributed by atoms with van der Waals surface area (Å²) in [6.45, 7) is 4.28. The molecule has 0 atom stereocenters. The standard InChI is InChI=1S/C19H20N4O5S/c1-4-26-17-9-13(10-20-23-12(2)21-22-19(23)29)5-7-15(17)27-11-14-6-8-16(28-14)18(24)25-3/h5-10H,4,11H2,1-3H3,(H,22,29). The van der Waals surface area contributed by atoms with E-state index in [0.29, 0.717) is 34.5 Å². The first-order chi connectivity index (χ1) is 14.0. The fourth-order valence-corrected chi connectivity index (χ4v) is 2.66. The Labute approximate surface area is 171 Å². The molecule has 1 aromatic carbocycles. The van der Waals surface area contributed by atoms with E-state index in [0.717, 1.165) is 5.56 Å². The average Bonchev–Trinajstić information content (AvgIpc) is 3.32. The van der Waals surface area contributed by atoms with E-state index < -0.39 is 5.97 Å². The van der Waals surface area contributed by atoms with Gasteiger partial charge in [-0.2, -0.15) is 14.9 Å². The molecule has 3 aromatic rings. The van der Waals surface area contributed by atoms with Crippen molar-refractivity contribution < 1.29 is 23.4 Å². The fraction of sp³-hybridized carbons (Fsp3) is 0.263. The molecular weight excluding hydrogens is 396 g/mol. The summed E-state index contributed by atoms with van der Waals surface area (Å²) in [6.07, 6.45) is 1.65. The smallest absolute Gasteiger partial charge is 0.373 e. The number of H-pyrrole nitrogens is 1. The van der Waals surface area contributed by atoms with Crippen LogP contribution in [0.25, 0.3) is 0 Å². The average molecular weight is 416 g/mol. The van der Waals surface area contributed by atoms with Gasteiger partial charge in [0.15, 0.2) is 11.5 Å². The molecule has 0 saturated heterocycles. The van der Waals surface area contributed by atoms with Crippen LogP contribution in [0.5, 0.6) is 11.5 Å². The maximum atomic E-state index is 11.5. The molecule has 0 aliphatic rings. The summed E-state index contributed by atoms with van der Waals surface area (Å²) in [5, 5.41) is 11.0. The number of carbonyl (C=O) groups is 1. The number of esters is 1. The molecule has 0 fully saturated rings. The predicted octanol–water partition coefficient (Wildman–Crippen LogP) is 3.49. The van der Waals surface area contributed by atoms with Gasteiger partial charge in [0.05, 0.1) is 19.9 Å². The molecule has 29 heavy (non-hydrogen) atoms. The van der Waals surface area contributed by atoms with E-state index in [1.54, 1.807) is 25.3 Å². The van der Waals surface area contributed by atoms with Crippen LogP contribution in [0.1, 0.15) is 34.6 Å². The van der Waals surface area contributed by atoms with Crippen LogP contribution in [0.2, 0.25) is 0 Å². The van der Waals surface area contributed by atoms with Gasteiger partial charge in [-0.3, -0.25) is 5.10 Å². The molecule has 0 bridgehead atoms. The van der Waals surface area contributed by atoms with Gasteiger partial charge in [0.2, 0.25) is 10.5 Å². The van der Waals surface area contributed by atoms with Crippen molar-refractivity contribution in [2.45, 2.75) is 20.5 Å². The minimum Gasteiger partial charge on any atom is -0.490 e. The van der Waals surface area contributed by atoms with Gasteiger partial charge < -0.3 is 18.6 Å². The fourth-order valence-electron chi connectivity index (χ4n) is 2.44. The van der Waals surface area contributed by atoms with Crippen LogP contribution in [0.4, 0.5) is 0 Å². The van der Waals surface area contributed by atoms with E-state index in [4.69, 9.17) is 26.1 Å². The van der Waals surface area contributed by atoms with E-state index in [-0.39, 0.29) is 12.4 Å². The minimum absolute atomic E-state index is 0.121. The predicted molar refractivity (Wildman–Crippen MR) is 107 cm³/mol. The van der Waals surface area contributed by atoms with Crippen molar-refractivity contribution in [1.82, 2.24) is 14.9 Å². The van der Waals surface area contributed by atoms with Crippen LogP contribution in [0.15, 0.2) is 39.9 Å². The van der Waals surface area contributed by atoms with E-state index in [2.05, 4.69) is 20.0 Å². The van der Waals surface area contributed by atoms with Gasteiger partial charge in [0.25, 0.3) is 0 Å². The zero-order valence-electron chi connectivity index (χ0n) is 16.2. The van der Waals surface area contributed by atoms with Gasteiger partial charge >= 0.3 is 5.97 Å². The molecule has 1 N–H and O–H groups in total. The number of furan rings is 1. The lowest BCUT2D eigenvalue weighted by molar-refractivity contribution is 0.0561. The Morgan fingerprint density at radius 3 is 2.83 bits per heavy atom. The Morgan fingerprint density at radius 1 is 1.31 bits per heavy atom. The summed E-state index contributed by atoms with van der Waals surface area (Å²) in [5.74, 6) is 1.82. The molecule has 9 nitrogen and oxygen atoms in total. The van der Waals surface area contributed by atoms with Gasteiger partial charge in [0, 0.05) is 0 Å². The lowest BCUT2D eigenvalue weighted by atomic mass is 10.2. The summed E-state index contributed by atoms with van der Waals surface area (Å²) < 4.78 is 23.4. The zero-order valence-corrected chi connectivity index (χ0v) is 17.0. The molecular formula is C19H20N4O5S. The highest BCUT2D eigenvalue weighted by Crippen LogP contribution is 2.29. The second kappa shape index (κ2) is 9.20. The Balaban J connectivity index is 1.74. The molecule has 0 aliphatic carbocycles. The zero-order chi connectivity index (χ0) is 20.8. The van der Waals surface area contributed by atoms with Crippen molar-refractivity contribution in [2.24, 2.45) is 5.10 Å². The molecule has 2 aromatic heterocycles. The highest BCUT2D eigenvalue weighted by atomic mass is 32.1. The number of hydrogen-bond acceptors (Lipinski definition) is 8. The molecule has 0 spiro atoms. The summed E-state index contributed by atoms with van der Waals surface area (Å²) in [5.41, 5.74) is 0.800. The number of hydrogen-bond donors (Lipinski definition) is 1. The van der Waals surface area contributed by atoms with Gasteiger partial charge in [-0.1, -0.05) is 0 Å². The quantitative estimate of drug-likeness (QED) is 0.340. The SMILES string of the molecule is CCOc1cc(C=Nn2c(C)n[nH]c2=S)ccc1OCc1ccc(C(=O)OC)o1. The van der Waals surface area contributed by atoms with Gasteiger partial charge in [-0.15, -0.1) is 0 Å². The molecule has 152 valence electrons. The van der Waals surface area contributed by atoms with Crippen molar-refractivity contribution in [1.29, 1.82) is 0 Å². The molecule has 0 unspecified atom stereocenters. The second-order valence-electron chi connectivity index (χ2n) is 5.82. The Bertz CT molecular complexity index is 1080. The van der Waals surface area contributed by atoms with Crippen LogP contribution in [0, 0.1) is 11.7 Å². The molecule has 0 amide bonds. The third kappa shape index (κ3) is 4.91. The number of aromatic nitrogens is 3. The molecule has 2 heterocycles. The molecule has 0 saturated carbocycles. The van der Waals surface area contributed by atoms with Crippen molar-refractivity contribution in [3.05, 3.63) is 58.0 Å². The Kier molecular flexibility index (Phi) is 6.45. The van der Waals surface area contributed by atoms with E-state index >= 15 is 0 Å². The largest absolute Gasteiger partial charge is 0.490 e. The number of ether oxygens (including phenoxy) is 3. The van der Waals surface area contributed by atoms with Crippen molar-refractivity contribution in [3.8, 4) is 11.5 Å². The third-order valence-electron chi connectivity index (χ3n) is 3.82. The van der Waals surface area contributed by atoms with Crippen LogP contribution in [-0.4, -0.2) is 40.8 Å². The monoisotopic (exact) mass is 416 g/mol. The maximum absolute atomic E-state index is 11.5. The number of nitrogens with zero attached hydrogens (tertiary/aromatic N) is 3. The lowest BCUT2D eigenvalue weighted by Crippen LogP contribution is -2.01. The van der Waals surface area contributed by atoms with Gasteiger partial charge in [0.1, 0.15) is 18.2 Å². The summed E-state index contributed by atoms with van der Waals surface area (Å²) >= 11 is 5.13. The van der Waals surface area contributed by atoms with Crippen LogP contribution < -0.4 is 9.47 Å². The summed E-state index contributed by atoms with van der Waals surface area (Å²) in [6, 6.07) is 8.62. The van der Waals surface area contributed by atoms with E-state index in [9.17, 15) is 4.79 Å². The van der Waals surface area contributed by atoms with Crippen LogP contribution in [-0.2, 0) is 11.3 Å². The lowest BCUT2D eigenvalue weighted by Gasteiger charge is -2.11. The summed E-state index contributed by atoms with van der Waals surface area (Å²) in [7, 11) is 1.29. The van der Waals surface area contributed by atoms with Crippen molar-refractivity contribution in [2.75, 3.05) is 13.7 Å². The number of carbonyl (C=O) groups excluding carboxylic acids is 1. The number of aryl methyl sites for hydroxylation is 1. The first-order valence-corrected chi connectivity index (χ1v) is 9.17. The Hall–Kier alpha value is -3.40. The molecule has 10 heteroatoms. The molecule has 3 rings (SSSR count). The Morgan fingerprint density at radius 2 is 2.14 bits per heavy atom. The second-order valence-corrected chi connectivity index (χ2v) is 6.20. The molecule has 0 aliphatic heterocycles. The van der Waals surface area contributed by atoms with Gasteiger partial charge in [-0.05, 0) is 62.0 Å². The number of aromatic amines is 1. The van der Waals surface area contributed by atoms with E-state index in [1.165, 1.54) is 17.9 Å². The first kappa shape index (κ1) is 20.3. The summed E-state index contributed by atoms with van der Waals surface area (Å²) in [4.78, 5) is 11.5. The highest BCUT2D eigenvalue weighted by Gasteiger charge is 2.12. The topological polar surface area (TPSA) is 104 Å². The van der Waals surface area contributed by atoms with Crippen molar-refractivity contribution >= 4 is 24.4 Å². The number of nitrogens with one attached hydrogen (secondary N) is 1. The number of methoxy groups -OCH3 is 1. The van der Waals surface area contributed by atoms with Crippen LogP contribution >= 0.6 is 12.2 Å². The van der Waals surface area contributed by atoms with Crippen LogP contribution in [0.3, 0.4) is 0 Å². The first-order valence-electron chi connectivity index (χ1n) is 8.77.